The third-order valence-corrected chi connectivity index (χ3v) is 7.98. The summed E-state index contributed by atoms with van der Waals surface area (Å²) in [6, 6.07) is -24.2. The number of fused-ring (bicyclic) bond motifs is 9. The number of benzene rings is 7. The Hall–Kier alpha value is -6.06. The van der Waals surface area contributed by atoms with Gasteiger partial charge in [-0.25, -0.2) is 0 Å². The molecule has 3 nitrogen and oxygen atoms in total. The molecule has 3 heteroatoms. The molecule has 0 aliphatic rings. The lowest BCUT2D eigenvalue weighted by Crippen LogP contribution is -1.99. The minimum Gasteiger partial charge on any atom is -0.309 e. The van der Waals surface area contributed by atoms with Crippen molar-refractivity contribution in [1.82, 2.24) is 13.7 Å². The van der Waals surface area contributed by atoms with Crippen molar-refractivity contribution < 1.29 is 41.1 Å². The number of hydrogen-bond donors (Lipinski definition) is 0. The Balaban J connectivity index is 1.48. The van der Waals surface area contributed by atoms with Gasteiger partial charge in [0, 0.05) is 56.2 Å². The fraction of sp³-hybridized carbons (Fsp3) is 0.0667. The van der Waals surface area contributed by atoms with E-state index in [4.69, 9.17) is 23.3 Å². The Kier molecular flexibility index (Phi) is 2.28. The largest absolute Gasteiger partial charge is 0.309 e. The normalized spacial score (nSPS) is 21.4. The Morgan fingerprint density at radius 2 is 0.896 bits per heavy atom. The predicted octanol–water partition coefficient (Wildman–Crippen LogP) is 11.8. The molecule has 0 aliphatic heterocycles. The van der Waals surface area contributed by atoms with Gasteiger partial charge in [0.2, 0.25) is 0 Å². The maximum atomic E-state index is 10.0. The van der Waals surface area contributed by atoms with Crippen molar-refractivity contribution in [3.63, 3.8) is 0 Å². The molecule has 48 heavy (non-hydrogen) atoms. The molecule has 10 aromatic rings. The molecule has 10 rings (SSSR count). The zero-order valence-electron chi connectivity index (χ0n) is 54.3. The quantitative estimate of drug-likeness (QED) is 0.181. The van der Waals surface area contributed by atoms with Crippen LogP contribution >= 0.6 is 0 Å². The molecule has 228 valence electrons. The van der Waals surface area contributed by atoms with E-state index in [0.717, 1.165) is 11.5 Å². The number of hydrogen-bond acceptors (Lipinski definition) is 0. The lowest BCUT2D eigenvalue weighted by atomic mass is 10.1. The average Bonchev–Trinajstić information content (AvgIpc) is 4.22. The number of aromatic nitrogens is 3. The summed E-state index contributed by atoms with van der Waals surface area (Å²) in [5.74, 6) is 0. The zero-order valence-corrected chi connectivity index (χ0v) is 24.3. The molecule has 0 N–H and O–H groups in total. The Bertz CT molecular complexity index is 4350. The van der Waals surface area contributed by atoms with Crippen LogP contribution in [0.4, 0.5) is 0 Å². The van der Waals surface area contributed by atoms with Crippen molar-refractivity contribution in [2.75, 3.05) is 0 Å². The third kappa shape index (κ3) is 3.82. The third-order valence-electron chi connectivity index (χ3n) is 7.98. The second kappa shape index (κ2) is 10.2. The smallest absolute Gasteiger partial charge is 0.0667 e. The van der Waals surface area contributed by atoms with E-state index in [1.54, 1.807) is 0 Å². The molecular formula is C45H33N3. The molecule has 0 bridgehead atoms. The summed E-state index contributed by atoms with van der Waals surface area (Å²) < 4.78 is 272. The summed E-state index contributed by atoms with van der Waals surface area (Å²) in [7, 11) is 0. The van der Waals surface area contributed by atoms with Crippen LogP contribution in [0.5, 0.6) is 0 Å². The van der Waals surface area contributed by atoms with Crippen LogP contribution in [-0.2, 0) is 6.37 Å². The molecule has 0 aliphatic carbocycles. The summed E-state index contributed by atoms with van der Waals surface area (Å²) >= 11 is 0. The molecule has 0 radical (unpaired) electrons. The van der Waals surface area contributed by atoms with Crippen molar-refractivity contribution in [1.29, 1.82) is 0 Å². The Morgan fingerprint density at radius 1 is 0.438 bits per heavy atom. The van der Waals surface area contributed by atoms with Gasteiger partial charge in [-0.2, -0.15) is 0 Å². The van der Waals surface area contributed by atoms with Gasteiger partial charge in [0.05, 0.1) is 67.4 Å². The molecule has 0 atom stereocenters. The van der Waals surface area contributed by atoms with Gasteiger partial charge in [0.15, 0.2) is 0 Å². The van der Waals surface area contributed by atoms with Gasteiger partial charge < -0.3 is 13.7 Å². The molecule has 7 aromatic carbocycles. The number of para-hydroxylation sites is 3. The van der Waals surface area contributed by atoms with Gasteiger partial charge in [-0.3, -0.25) is 0 Å². The average molecular weight is 646 g/mol. The lowest BCUT2D eigenvalue weighted by molar-refractivity contribution is 1.13. The van der Waals surface area contributed by atoms with Crippen LogP contribution in [0.2, 0.25) is 0 Å². The highest BCUT2D eigenvalue weighted by atomic mass is 15.0. The molecule has 0 fully saturated rings. The zero-order chi connectivity index (χ0) is 58.0. The first-order chi connectivity index (χ1) is 36.0. The van der Waals surface area contributed by atoms with Crippen LogP contribution < -0.4 is 0 Å². The van der Waals surface area contributed by atoms with E-state index >= 15 is 0 Å². The van der Waals surface area contributed by atoms with Crippen LogP contribution in [0.25, 0.3) is 82.5 Å². The highest BCUT2D eigenvalue weighted by Crippen LogP contribution is 2.38. The van der Waals surface area contributed by atoms with Crippen molar-refractivity contribution in [3.8, 4) is 17.1 Å². The molecule has 0 unspecified atom stereocenters. The van der Waals surface area contributed by atoms with Gasteiger partial charge >= 0.3 is 0 Å². The van der Waals surface area contributed by atoms with Crippen molar-refractivity contribution in [3.05, 3.63) is 162 Å². The van der Waals surface area contributed by atoms with Gasteiger partial charge in [-0.15, -0.1) is 0 Å². The van der Waals surface area contributed by atoms with Crippen LogP contribution in [0.1, 0.15) is 59.2 Å². The standard InChI is InChI=1S/C45H33N3/c1-3-30-20-23-44-38(26-30)37-25-29(2)19-22-43(37)48(44)33-21-24-45-39(28-33)36-15-6-9-18-42(36)47(45)32-12-10-11-31(27-32)46-40-16-7-4-13-34(40)35-14-5-8-17-41(35)46/h4-28H,3H2,1-2H3/i2D3,3D2,4D,5D,6D,7D,8D,9D,10D,11D,12D,13D,14D,15D,16D,17D,18D,19D,20D,21D,22D,23D,24D,25D,26D,27D,28D. The summed E-state index contributed by atoms with van der Waals surface area (Å²) in [5, 5.41) is -3.69. The van der Waals surface area contributed by atoms with E-state index in [0.29, 0.717) is 9.13 Å². The van der Waals surface area contributed by atoms with E-state index in [1.807, 2.05) is 0 Å². The van der Waals surface area contributed by atoms with Gasteiger partial charge in [-0.1, -0.05) is 85.0 Å². The molecule has 0 saturated heterocycles. The van der Waals surface area contributed by atoms with E-state index in [2.05, 4.69) is 0 Å². The van der Waals surface area contributed by atoms with Crippen LogP contribution in [-0.4, -0.2) is 13.7 Å². The van der Waals surface area contributed by atoms with Crippen molar-refractivity contribution >= 4 is 65.4 Å². The van der Waals surface area contributed by atoms with Gasteiger partial charge in [0.25, 0.3) is 0 Å². The van der Waals surface area contributed by atoms with Crippen LogP contribution in [0, 0.1) is 6.85 Å². The highest BCUT2D eigenvalue weighted by molar-refractivity contribution is 6.13. The van der Waals surface area contributed by atoms with Gasteiger partial charge in [-0.05, 0) is 97.3 Å². The number of nitrogens with zero attached hydrogens (tertiary/aromatic N) is 3. The summed E-state index contributed by atoms with van der Waals surface area (Å²) in [6.45, 7) is -2.33. The highest BCUT2D eigenvalue weighted by Gasteiger charge is 2.18. The minimum atomic E-state index is -3.28. The molecule has 0 amide bonds. The summed E-state index contributed by atoms with van der Waals surface area (Å²) in [6.07, 6.45) is -2.57. The van der Waals surface area contributed by atoms with E-state index < -0.39 is 258 Å². The SMILES string of the molecule is [2H]c1c([2H])c(-n2c3c([2H])c([2H])c([2H])c([2H])c3c3c([2H])c([2H])c([2H])c([2H])c32)c([2H])c(-n2c3c([2H])c([2H])c([2H])c([2H])c3c3c([2H])c(-n4c5c([2H])c([2H])c(C([2H])([2H])[2H])c([2H])c5c5c([2H])c(C([2H])([2H])C)c([2H])c([2H])c54)c([2H])c([2H])c32)c1[2H]. The first-order valence-electron chi connectivity index (χ1n) is 29.3. The van der Waals surface area contributed by atoms with Crippen LogP contribution in [0.15, 0.2) is 151 Å². The lowest BCUT2D eigenvalue weighted by Gasteiger charge is -2.13. The Labute approximate surface area is 320 Å². The predicted molar refractivity (Wildman–Crippen MR) is 204 cm³/mol. The minimum absolute atomic E-state index is 0.504. The summed E-state index contributed by atoms with van der Waals surface area (Å²) in [5.41, 5.74) is -8.63. The second-order valence-electron chi connectivity index (χ2n) is 10.5. The molecule has 0 spiro atoms. The molecule has 0 saturated carbocycles. The van der Waals surface area contributed by atoms with Crippen molar-refractivity contribution in [2.24, 2.45) is 0 Å². The fourth-order valence-electron chi connectivity index (χ4n) is 5.99. The van der Waals surface area contributed by atoms with Crippen molar-refractivity contribution in [2.45, 2.75) is 20.1 Å². The van der Waals surface area contributed by atoms with E-state index in [9.17, 15) is 17.8 Å². The molecule has 3 aromatic heterocycles. The first kappa shape index (κ1) is 10.7. The van der Waals surface area contributed by atoms with Gasteiger partial charge in [0.1, 0.15) is 0 Å². The molecular weight excluding hydrogens is 583 g/mol. The first-order valence-corrected chi connectivity index (χ1v) is 14.3. The summed E-state index contributed by atoms with van der Waals surface area (Å²) in [4.78, 5) is 0. The molecule has 3 heterocycles. The monoisotopic (exact) mass is 645 g/mol. The fourth-order valence-corrected chi connectivity index (χ4v) is 5.99. The van der Waals surface area contributed by atoms with E-state index in [1.165, 1.54) is 0 Å². The maximum absolute atomic E-state index is 10.0. The number of rotatable bonds is 4. The van der Waals surface area contributed by atoms with Crippen LogP contribution in [0.3, 0.4) is 0 Å². The van der Waals surface area contributed by atoms with E-state index in [-0.39, 0.29) is 0 Å². The second-order valence-corrected chi connectivity index (χ2v) is 10.5. The topological polar surface area (TPSA) is 14.8 Å². The maximum Gasteiger partial charge on any atom is 0.0667 e. The Morgan fingerprint density at radius 3 is 1.48 bits per heavy atom.